The maximum Gasteiger partial charge on any atom is 0.416 e. The molecule has 2 saturated heterocycles. The maximum atomic E-state index is 13.8. The quantitative estimate of drug-likeness (QED) is 0.0737. The molecular formula is C68H79BrN10O14S2. The summed E-state index contributed by atoms with van der Waals surface area (Å²) in [5, 5.41) is 2.83. The van der Waals surface area contributed by atoms with Crippen LogP contribution in [0.25, 0.3) is 22.3 Å². The molecule has 0 bridgehead atoms. The van der Waals surface area contributed by atoms with Gasteiger partial charge in [-0.2, -0.15) is 0 Å². The standard InChI is InChI=1S/C34H39N5O7S.C18H20N4O4S.C16H20BrNO3/c1-23-11-13-26(14-12-23)47(43,44)39-18-16-28-31(39)35-19-30(36-28)38(33(42)46-34(3,4)5)21-29(40)27-20-37(17-15-24(27)2)32(41)45-22-25-9-7-6-8-10-25;1-12-5-7-13(8-6-12)27(24,25)22-10-9-14-16(22)19-11-15(20-14)21-17(23)26-18(2,3)4;1-12-7-8-18(10-14(12)15(19)9-17)16(20)21-11-13-5-3-2-4-6-13/h6-14,16,18-19,24,27H,15,17,20-22H2,1-5H3;5-11H,1-4H3,(H,20,21,23);2-6,12,14H,7-11H2,1H3. The zero-order valence-corrected chi connectivity index (χ0v) is 57.9. The van der Waals surface area contributed by atoms with Crippen molar-refractivity contribution in [2.45, 2.75) is 116 Å². The Morgan fingerprint density at radius 2 is 1.01 bits per heavy atom. The first kappa shape index (κ1) is 71.8. The number of piperidine rings is 2. The van der Waals surface area contributed by atoms with Crippen LogP contribution in [0.3, 0.4) is 0 Å². The van der Waals surface area contributed by atoms with E-state index >= 15 is 0 Å². The van der Waals surface area contributed by atoms with Crippen molar-refractivity contribution in [3.05, 3.63) is 168 Å². The fourth-order valence-corrected chi connectivity index (χ4v) is 13.3. The van der Waals surface area contributed by atoms with Crippen molar-refractivity contribution in [3.8, 4) is 0 Å². The van der Waals surface area contributed by atoms with Crippen LogP contribution in [-0.4, -0.2) is 140 Å². The molecule has 8 aromatic rings. The second kappa shape index (κ2) is 31.0. The van der Waals surface area contributed by atoms with Crippen LogP contribution in [0, 0.1) is 37.5 Å². The number of fused-ring (bicyclic) bond motifs is 2. The van der Waals surface area contributed by atoms with E-state index in [9.17, 15) is 45.6 Å². The molecule has 2 aliphatic heterocycles. The fourth-order valence-electron chi connectivity index (χ4n) is 10.3. The highest BCUT2D eigenvalue weighted by Crippen LogP contribution is 2.30. The average Bonchev–Trinajstić information content (AvgIpc) is 1.67. The lowest BCUT2D eigenvalue weighted by molar-refractivity contribution is -0.125. The average molecular weight is 1400 g/mol. The summed E-state index contributed by atoms with van der Waals surface area (Å²) < 4.78 is 76.1. The minimum atomic E-state index is -3.97. The summed E-state index contributed by atoms with van der Waals surface area (Å²) in [7, 11) is -7.77. The number of carbonyl (C=O) groups is 6. The number of hydrogen-bond acceptors (Lipinski definition) is 18. The second-order valence-electron chi connectivity index (χ2n) is 25.2. The number of Topliss-reactive ketones (excluding diaryl/α,β-unsaturated/α-hetero) is 2. The molecule has 10 rings (SSSR count). The summed E-state index contributed by atoms with van der Waals surface area (Å²) in [6.07, 6.45) is 4.37. The zero-order valence-electron chi connectivity index (χ0n) is 54.7. The number of likely N-dealkylation sites (tertiary alicyclic amines) is 2. The first-order valence-electron chi connectivity index (χ1n) is 30.8. The Labute approximate surface area is 561 Å². The fraction of sp³-hybridized carbons (Fsp3) is 0.382. The molecule has 0 radical (unpaired) electrons. The van der Waals surface area contributed by atoms with Crippen molar-refractivity contribution in [1.82, 2.24) is 37.7 Å². The van der Waals surface area contributed by atoms with Gasteiger partial charge in [0.15, 0.2) is 28.7 Å². The van der Waals surface area contributed by atoms with Crippen LogP contribution >= 0.6 is 15.9 Å². The van der Waals surface area contributed by atoms with E-state index in [1.165, 1.54) is 54.0 Å². The summed E-state index contributed by atoms with van der Waals surface area (Å²) in [6, 6.07) is 34.9. The van der Waals surface area contributed by atoms with E-state index in [1.54, 1.807) is 82.8 Å². The van der Waals surface area contributed by atoms with Crippen LogP contribution in [0.4, 0.5) is 30.8 Å². The monoisotopic (exact) mass is 1400 g/mol. The van der Waals surface area contributed by atoms with Crippen molar-refractivity contribution >= 4 is 106 Å². The van der Waals surface area contributed by atoms with Crippen molar-refractivity contribution in [2.24, 2.45) is 23.7 Å². The number of ether oxygens (including phenoxy) is 4. The van der Waals surface area contributed by atoms with Gasteiger partial charge in [-0.3, -0.25) is 19.8 Å². The molecule has 27 heteroatoms. The Bertz CT molecular complexity index is 4260. The lowest BCUT2D eigenvalue weighted by Crippen LogP contribution is -2.49. The molecule has 24 nitrogen and oxygen atoms in total. The predicted octanol–water partition coefficient (Wildman–Crippen LogP) is 12.2. The number of halogens is 1. The summed E-state index contributed by atoms with van der Waals surface area (Å²) >= 11 is 3.21. The number of rotatable bonds is 15. The van der Waals surface area contributed by atoms with Gasteiger partial charge in [0.2, 0.25) is 0 Å². The Morgan fingerprint density at radius 1 is 0.579 bits per heavy atom. The molecule has 4 amide bonds. The molecule has 0 aliphatic carbocycles. The number of benzene rings is 4. The Morgan fingerprint density at radius 3 is 1.45 bits per heavy atom. The smallest absolute Gasteiger partial charge is 0.416 e. The van der Waals surface area contributed by atoms with Gasteiger partial charge in [0.25, 0.3) is 20.0 Å². The molecule has 4 aromatic carbocycles. The Balaban J connectivity index is 0.000000202. The van der Waals surface area contributed by atoms with Crippen LogP contribution < -0.4 is 10.2 Å². The number of amides is 4. The number of ketones is 2. The van der Waals surface area contributed by atoms with Crippen LogP contribution in [0.5, 0.6) is 0 Å². The molecular weight excluding hydrogens is 1320 g/mol. The number of aromatic nitrogens is 6. The number of aryl methyl sites for hydroxylation is 2. The molecule has 95 heavy (non-hydrogen) atoms. The molecule has 4 atom stereocenters. The van der Waals surface area contributed by atoms with Gasteiger partial charge in [0.1, 0.15) is 41.2 Å². The SMILES string of the molecule is CC1CCN(C(=O)OCc2ccccc2)CC1C(=O)CBr.Cc1ccc(S(=O)(=O)n2ccc3nc(N(CC(=O)C4CN(C(=O)OCc5ccccc5)CCC4C)C(=O)OC(C)(C)C)cnc32)cc1.Cc1ccc(S(=O)(=O)n2ccc3nc(NC(=O)OC(C)(C)C)cnc32)cc1. The summed E-state index contributed by atoms with van der Waals surface area (Å²) in [4.78, 5) is 97.8. The van der Waals surface area contributed by atoms with Crippen molar-refractivity contribution in [2.75, 3.05) is 48.3 Å². The number of nitrogens with zero attached hydrogens (tertiary/aromatic N) is 9. The zero-order chi connectivity index (χ0) is 69.0. The Hall–Kier alpha value is -9.08. The summed E-state index contributed by atoms with van der Waals surface area (Å²) in [6.45, 7) is 19.8. The third-order valence-electron chi connectivity index (χ3n) is 15.5. The molecule has 0 spiro atoms. The molecule has 4 aromatic heterocycles. The van der Waals surface area contributed by atoms with Gasteiger partial charge in [0, 0.05) is 50.4 Å². The van der Waals surface area contributed by atoms with Gasteiger partial charge in [-0.05, 0) is 128 Å². The van der Waals surface area contributed by atoms with Gasteiger partial charge >= 0.3 is 24.4 Å². The molecule has 1 N–H and O–H groups in total. The highest BCUT2D eigenvalue weighted by atomic mass is 79.9. The molecule has 2 fully saturated rings. The first-order chi connectivity index (χ1) is 44.9. The largest absolute Gasteiger partial charge is 0.445 e. The maximum absolute atomic E-state index is 13.8. The molecule has 2 aliphatic rings. The Kier molecular flexibility index (Phi) is 23.4. The number of hydrogen-bond donors (Lipinski definition) is 1. The number of nitrogens with one attached hydrogen (secondary N) is 1. The van der Waals surface area contributed by atoms with E-state index in [2.05, 4.69) is 48.1 Å². The van der Waals surface area contributed by atoms with Gasteiger partial charge in [-0.25, -0.2) is 63.9 Å². The van der Waals surface area contributed by atoms with Gasteiger partial charge in [-0.15, -0.1) is 0 Å². The van der Waals surface area contributed by atoms with Crippen molar-refractivity contribution < 1.29 is 64.6 Å². The molecule has 504 valence electrons. The third kappa shape index (κ3) is 19.1. The topological polar surface area (TPSA) is 291 Å². The minimum absolute atomic E-state index is 0.0215. The summed E-state index contributed by atoms with van der Waals surface area (Å²) in [5.74, 6) is -0.356. The number of carbonyl (C=O) groups excluding carboxylic acids is 6. The predicted molar refractivity (Wildman–Crippen MR) is 361 cm³/mol. The van der Waals surface area contributed by atoms with Crippen LogP contribution in [0.1, 0.15) is 90.5 Å². The third-order valence-corrected chi connectivity index (χ3v) is 19.4. The van der Waals surface area contributed by atoms with Crippen molar-refractivity contribution in [1.29, 1.82) is 0 Å². The van der Waals surface area contributed by atoms with Gasteiger partial charge in [0.05, 0.1) is 34.1 Å². The number of anilines is 2. The van der Waals surface area contributed by atoms with E-state index in [1.807, 2.05) is 81.4 Å². The molecule has 0 saturated carbocycles. The van der Waals surface area contributed by atoms with E-state index in [0.717, 1.165) is 41.5 Å². The normalized spacial score (nSPS) is 16.7. The van der Waals surface area contributed by atoms with E-state index < -0.39 is 55.4 Å². The molecule has 4 unspecified atom stereocenters. The summed E-state index contributed by atoms with van der Waals surface area (Å²) in [5.41, 5.74) is 2.95. The highest BCUT2D eigenvalue weighted by molar-refractivity contribution is 9.09. The highest BCUT2D eigenvalue weighted by Gasteiger charge is 2.38. The molecule has 6 heterocycles. The van der Waals surface area contributed by atoms with Crippen LogP contribution in [0.15, 0.2) is 156 Å². The second-order valence-corrected chi connectivity index (χ2v) is 29.4. The lowest BCUT2D eigenvalue weighted by atomic mass is 9.84. The van der Waals surface area contributed by atoms with Crippen molar-refractivity contribution in [3.63, 3.8) is 0 Å². The van der Waals surface area contributed by atoms with Crippen LogP contribution in [-0.2, 0) is 61.8 Å². The number of alkyl halides is 1. The van der Waals surface area contributed by atoms with Crippen LogP contribution in [0.2, 0.25) is 0 Å². The van der Waals surface area contributed by atoms with Gasteiger partial charge < -0.3 is 28.7 Å². The first-order valence-corrected chi connectivity index (χ1v) is 34.8. The van der Waals surface area contributed by atoms with E-state index in [0.29, 0.717) is 42.8 Å². The minimum Gasteiger partial charge on any atom is -0.445 e. The van der Waals surface area contributed by atoms with E-state index in [-0.39, 0.29) is 94.0 Å². The van der Waals surface area contributed by atoms with E-state index in [4.69, 9.17) is 18.9 Å². The van der Waals surface area contributed by atoms with Gasteiger partial charge in [-0.1, -0.05) is 126 Å². The lowest BCUT2D eigenvalue weighted by Gasteiger charge is -2.36.